The number of β-lactam (4-membered cyclic amide) rings is 1. The van der Waals surface area contributed by atoms with Gasteiger partial charge in [-0.1, -0.05) is 12.6 Å². The second kappa shape index (κ2) is 15.8. The van der Waals surface area contributed by atoms with Crippen LogP contribution in [0.2, 0.25) is 0 Å². The van der Waals surface area contributed by atoms with E-state index in [9.17, 15) is 24.0 Å². The number of thiazole rings is 1. The van der Waals surface area contributed by atoms with Crippen LogP contribution in [0.4, 0.5) is 14.7 Å². The molecule has 0 unspecified atom stereocenters. The number of carbonyl (C=O) groups is 5. The van der Waals surface area contributed by atoms with Crippen LogP contribution < -0.4 is 25.4 Å². The van der Waals surface area contributed by atoms with E-state index in [2.05, 4.69) is 35.5 Å². The van der Waals surface area contributed by atoms with Crippen molar-refractivity contribution >= 4 is 64.3 Å². The summed E-state index contributed by atoms with van der Waals surface area (Å²) in [6.45, 7) is 18.4. The van der Waals surface area contributed by atoms with Gasteiger partial charge in [-0.25, -0.2) is 24.1 Å². The summed E-state index contributed by atoms with van der Waals surface area (Å²) < 4.78 is 21.1. The number of hydrogen-bond acceptors (Lipinski definition) is 14. The molecule has 46 heavy (non-hydrogen) atoms. The molecule has 2 rings (SSSR count). The number of esters is 1. The van der Waals surface area contributed by atoms with Crippen molar-refractivity contribution in [3.8, 4) is 0 Å². The number of rotatable bonds is 11. The average Bonchev–Trinajstić information content (AvgIpc) is 3.28. The summed E-state index contributed by atoms with van der Waals surface area (Å²) in [7, 11) is 0. The maximum Gasteiger partial charge on any atom is 0.418 e. The molecule has 1 aliphatic heterocycles. The van der Waals surface area contributed by atoms with E-state index in [0.29, 0.717) is 0 Å². The van der Waals surface area contributed by atoms with Crippen LogP contribution in [0.25, 0.3) is 0 Å². The third kappa shape index (κ3) is 13.8. The zero-order valence-corrected chi connectivity index (χ0v) is 29.0. The molecule has 260 valence electrons. The minimum absolute atomic E-state index is 0. The molecule has 1 aromatic rings. The summed E-state index contributed by atoms with van der Waals surface area (Å²) in [5, 5.41) is 13.2. The van der Waals surface area contributed by atoms with Crippen molar-refractivity contribution in [1.29, 1.82) is 0 Å². The fraction of sp³-hybridized carbons (Fsp3) is 0.679. The molecular weight excluding hydrogens is 642 g/mol. The number of ether oxygens (including phenoxy) is 3. The highest BCUT2D eigenvalue weighted by molar-refractivity contribution is 7.96. The maximum absolute atomic E-state index is 13.5. The monoisotopic (exact) mass is 689 g/mol. The molecular formula is C28H47N7O9S2. The molecule has 1 aromatic heterocycles. The second-order valence-corrected chi connectivity index (χ2v) is 14.9. The third-order valence-electron chi connectivity index (χ3n) is 5.03. The molecule has 1 fully saturated rings. The van der Waals surface area contributed by atoms with Gasteiger partial charge in [0.15, 0.2) is 10.8 Å². The number of carbonyl (C=O) groups excluding carboxylic acids is 5. The Bertz CT molecular complexity index is 1300. The second-order valence-electron chi connectivity index (χ2n) is 13.3. The molecule has 0 radical (unpaired) electrons. The molecule has 0 saturated carbocycles. The van der Waals surface area contributed by atoms with Gasteiger partial charge >= 0.3 is 18.2 Å². The lowest BCUT2D eigenvalue weighted by molar-refractivity contribution is -0.179. The van der Waals surface area contributed by atoms with Gasteiger partial charge in [0.1, 0.15) is 28.5 Å². The number of nitrogens with one attached hydrogen (secondary N) is 5. The molecule has 0 bridgehead atoms. The van der Waals surface area contributed by atoms with Gasteiger partial charge in [-0.05, 0) is 76.2 Å². The van der Waals surface area contributed by atoms with Crippen LogP contribution in [0.5, 0.6) is 0 Å². The first-order valence-corrected chi connectivity index (χ1v) is 15.6. The van der Waals surface area contributed by atoms with Gasteiger partial charge in [0.2, 0.25) is 11.5 Å². The van der Waals surface area contributed by atoms with Gasteiger partial charge in [-0.3, -0.25) is 19.6 Å². The smallest absolute Gasteiger partial charge is 0.418 e. The highest BCUT2D eigenvalue weighted by Gasteiger charge is 2.42. The van der Waals surface area contributed by atoms with Crippen molar-refractivity contribution < 1.29 is 43.0 Å². The maximum atomic E-state index is 13.5. The minimum atomic E-state index is -1.61. The van der Waals surface area contributed by atoms with Crippen LogP contribution in [0.1, 0.15) is 89.3 Å². The summed E-state index contributed by atoms with van der Waals surface area (Å²) in [5.41, 5.74) is -4.21. The molecule has 0 aromatic carbocycles. The lowest BCUT2D eigenvalue weighted by Gasteiger charge is -2.37. The van der Waals surface area contributed by atoms with Crippen molar-refractivity contribution in [3.05, 3.63) is 11.1 Å². The highest BCUT2D eigenvalue weighted by atomic mass is 32.2. The minimum Gasteiger partial charge on any atom is -0.457 e. The standard InChI is InChI=1S/C27H43N7O9S2.CH4/c1-24(2,3)40-20(37)27(10,11)43-33-17(15-13-44-21(30-15)32-22(38)41-25(4,5)6)19(36)31-16-14(29-18(16)35)12-28-45-34-23(39)42-26(7,8)9;/h13-14,16,28H,12H2,1-11H3,(H,29,35)(H,31,36)(H,34,39)(H,30,32,38);1H4/b33-17-;/t14-,16+;/m1./s1. The van der Waals surface area contributed by atoms with Gasteiger partial charge in [-0.15, -0.1) is 11.3 Å². The van der Waals surface area contributed by atoms with E-state index >= 15 is 0 Å². The van der Waals surface area contributed by atoms with Crippen molar-refractivity contribution in [3.63, 3.8) is 0 Å². The van der Waals surface area contributed by atoms with E-state index in [1.54, 1.807) is 62.3 Å². The molecule has 0 spiro atoms. The first-order valence-electron chi connectivity index (χ1n) is 13.9. The van der Waals surface area contributed by atoms with Gasteiger partial charge in [-0.2, -0.15) is 0 Å². The summed E-state index contributed by atoms with van der Waals surface area (Å²) in [4.78, 5) is 72.3. The van der Waals surface area contributed by atoms with Crippen LogP contribution in [0.15, 0.2) is 10.5 Å². The number of oxime groups is 1. The Hall–Kier alpha value is -3.64. The largest absolute Gasteiger partial charge is 0.457 e. The van der Waals surface area contributed by atoms with E-state index in [0.717, 1.165) is 23.5 Å². The van der Waals surface area contributed by atoms with E-state index < -0.39 is 64.5 Å². The van der Waals surface area contributed by atoms with Gasteiger partial charge in [0, 0.05) is 24.1 Å². The Morgan fingerprint density at radius 1 is 0.935 bits per heavy atom. The van der Waals surface area contributed by atoms with E-state index in [1.807, 2.05) is 0 Å². The van der Waals surface area contributed by atoms with E-state index in [1.165, 1.54) is 19.2 Å². The molecule has 18 heteroatoms. The fourth-order valence-corrected chi connectivity index (χ4v) is 4.27. The van der Waals surface area contributed by atoms with Gasteiger partial charge in [0.05, 0.1) is 6.04 Å². The Morgan fingerprint density at radius 2 is 1.50 bits per heavy atom. The third-order valence-corrected chi connectivity index (χ3v) is 6.37. The lowest BCUT2D eigenvalue weighted by Crippen LogP contribution is -2.71. The van der Waals surface area contributed by atoms with Gasteiger partial charge < -0.3 is 29.7 Å². The molecule has 2 atom stereocenters. The Balaban J connectivity index is 0.0000106. The van der Waals surface area contributed by atoms with Crippen LogP contribution in [0, 0.1) is 0 Å². The number of anilines is 1. The summed E-state index contributed by atoms with van der Waals surface area (Å²) in [6.07, 6.45) is -1.41. The number of aromatic nitrogens is 1. The zero-order chi connectivity index (χ0) is 34.4. The Morgan fingerprint density at radius 3 is 2.04 bits per heavy atom. The number of amides is 4. The summed E-state index contributed by atoms with van der Waals surface area (Å²) in [5.74, 6) is -2.03. The molecule has 0 aliphatic carbocycles. The first-order chi connectivity index (χ1) is 20.5. The predicted molar refractivity (Wildman–Crippen MR) is 175 cm³/mol. The number of nitrogens with zero attached hydrogens (tertiary/aromatic N) is 2. The zero-order valence-electron chi connectivity index (χ0n) is 27.3. The van der Waals surface area contributed by atoms with Crippen molar-refractivity contribution in [2.75, 3.05) is 11.9 Å². The summed E-state index contributed by atoms with van der Waals surface area (Å²) >= 11 is 1.84. The topological polar surface area (TPSA) is 208 Å². The van der Waals surface area contributed by atoms with Crippen LogP contribution in [0.3, 0.4) is 0 Å². The van der Waals surface area contributed by atoms with Crippen LogP contribution in [-0.2, 0) is 33.4 Å². The van der Waals surface area contributed by atoms with Crippen LogP contribution >= 0.6 is 23.5 Å². The normalized spacial score (nSPS) is 16.9. The molecule has 16 nitrogen and oxygen atoms in total. The highest BCUT2D eigenvalue weighted by Crippen LogP contribution is 2.21. The van der Waals surface area contributed by atoms with E-state index in [-0.39, 0.29) is 30.5 Å². The first kappa shape index (κ1) is 40.4. The Kier molecular flexibility index (Phi) is 13.8. The van der Waals surface area contributed by atoms with E-state index in [4.69, 9.17) is 19.0 Å². The molecule has 2 heterocycles. The van der Waals surface area contributed by atoms with Crippen molar-refractivity contribution in [2.24, 2.45) is 5.16 Å². The average molecular weight is 690 g/mol. The lowest BCUT2D eigenvalue weighted by atomic mass is 9.99. The van der Waals surface area contributed by atoms with Crippen LogP contribution in [-0.4, -0.2) is 81.7 Å². The number of hydrogen-bond donors (Lipinski definition) is 5. The predicted octanol–water partition coefficient (Wildman–Crippen LogP) is 3.63. The fourth-order valence-electron chi connectivity index (χ4n) is 3.13. The van der Waals surface area contributed by atoms with Crippen molar-refractivity contribution in [1.82, 2.24) is 25.1 Å². The molecule has 1 aliphatic rings. The van der Waals surface area contributed by atoms with Gasteiger partial charge in [0.25, 0.3) is 5.91 Å². The molecule has 4 amide bonds. The molecule has 5 N–H and O–H groups in total. The molecule has 1 saturated heterocycles. The SMILES string of the molecule is C.CC(C)(C)OC(=O)NSNC[C@H]1NC(=O)[C@H]1NC(=O)/C(=N\OC(C)(C)C(=O)OC(C)(C)C)c1csc(NC(=O)OC(C)(C)C)n1. The quantitative estimate of drug-likeness (QED) is 0.0429. The summed E-state index contributed by atoms with van der Waals surface area (Å²) in [6, 6.07) is -1.52. The van der Waals surface area contributed by atoms with Crippen molar-refractivity contribution in [2.45, 2.75) is 118 Å². The Labute approximate surface area is 278 Å².